The summed E-state index contributed by atoms with van der Waals surface area (Å²) in [6.45, 7) is 0. The van der Waals surface area contributed by atoms with E-state index < -0.39 is 16.5 Å². The number of aromatic amines is 1. The molecule has 1 aromatic heterocycles. The number of anilines is 2. The van der Waals surface area contributed by atoms with Crippen LogP contribution >= 0.6 is 0 Å². The zero-order valence-electron chi connectivity index (χ0n) is 13.7. The number of hydrogen-bond acceptors (Lipinski definition) is 7. The van der Waals surface area contributed by atoms with Crippen molar-refractivity contribution in [3.05, 3.63) is 68.5 Å². The van der Waals surface area contributed by atoms with Gasteiger partial charge >= 0.3 is 5.97 Å². The van der Waals surface area contributed by atoms with Gasteiger partial charge in [-0.2, -0.15) is 0 Å². The van der Waals surface area contributed by atoms with Gasteiger partial charge in [0.15, 0.2) is 5.82 Å². The number of rotatable bonds is 4. The number of benzene rings is 2. The summed E-state index contributed by atoms with van der Waals surface area (Å²) in [5, 5.41) is 20.5. The van der Waals surface area contributed by atoms with Crippen LogP contribution in [0.15, 0.2) is 47.3 Å². The first kappa shape index (κ1) is 17.6. The molecule has 3 rings (SSSR count). The van der Waals surface area contributed by atoms with Crippen molar-refractivity contribution in [1.82, 2.24) is 9.97 Å². The number of carboxylic acid groups (broad SMARTS) is 1. The molecule has 0 saturated carbocycles. The molecule has 0 spiro atoms. The number of nitrogens with two attached hydrogens (primary N) is 2. The minimum atomic E-state index is -1.10. The molecule has 136 valence electrons. The van der Waals surface area contributed by atoms with Gasteiger partial charge < -0.3 is 21.6 Å². The summed E-state index contributed by atoms with van der Waals surface area (Å²) in [7, 11) is 0. The van der Waals surface area contributed by atoms with Crippen molar-refractivity contribution in [2.45, 2.75) is 0 Å². The molecule has 0 saturated heterocycles. The van der Waals surface area contributed by atoms with Crippen molar-refractivity contribution in [3.63, 3.8) is 0 Å². The number of aromatic carboxylic acids is 1. The Balaban J connectivity index is 2.12. The molecule has 2 aromatic carbocycles. The molecule has 0 bridgehead atoms. The van der Waals surface area contributed by atoms with E-state index in [1.807, 2.05) is 0 Å². The Bertz CT molecular complexity index is 1120. The average Bonchev–Trinajstić information content (AvgIpc) is 2.65. The number of nitro groups is 1. The van der Waals surface area contributed by atoms with Gasteiger partial charge in [0.25, 0.3) is 11.2 Å². The van der Waals surface area contributed by atoms with Crippen LogP contribution in [0, 0.1) is 10.1 Å². The zero-order chi connectivity index (χ0) is 19.7. The molecule has 0 aliphatic heterocycles. The van der Waals surface area contributed by atoms with Gasteiger partial charge in [-0.25, -0.2) is 9.78 Å². The van der Waals surface area contributed by atoms with Crippen LogP contribution in [0.2, 0.25) is 0 Å². The lowest BCUT2D eigenvalue weighted by atomic mass is 10.00. The molecule has 10 nitrogen and oxygen atoms in total. The third-order valence-corrected chi connectivity index (χ3v) is 3.90. The first-order valence-corrected chi connectivity index (χ1v) is 7.55. The maximum atomic E-state index is 11.7. The Morgan fingerprint density at radius 1 is 1.11 bits per heavy atom. The molecule has 0 aliphatic carbocycles. The lowest BCUT2D eigenvalue weighted by molar-refractivity contribution is -0.384. The topological polar surface area (TPSA) is 178 Å². The fraction of sp³-hybridized carbons (Fsp3) is 0. The van der Waals surface area contributed by atoms with Gasteiger partial charge in [-0.1, -0.05) is 18.2 Å². The normalized spacial score (nSPS) is 10.5. The third-order valence-electron chi connectivity index (χ3n) is 3.90. The van der Waals surface area contributed by atoms with E-state index in [9.17, 15) is 19.7 Å². The average molecular weight is 367 g/mol. The monoisotopic (exact) mass is 367 g/mol. The molecule has 0 radical (unpaired) electrons. The molecule has 0 fully saturated rings. The summed E-state index contributed by atoms with van der Waals surface area (Å²) >= 11 is 0. The van der Waals surface area contributed by atoms with Crippen molar-refractivity contribution >= 4 is 23.2 Å². The van der Waals surface area contributed by atoms with Crippen LogP contribution in [-0.4, -0.2) is 26.0 Å². The van der Waals surface area contributed by atoms with Gasteiger partial charge in [0.2, 0.25) is 0 Å². The molecule has 27 heavy (non-hydrogen) atoms. The summed E-state index contributed by atoms with van der Waals surface area (Å²) in [6, 6.07) is 9.93. The van der Waals surface area contributed by atoms with Gasteiger partial charge in [0, 0.05) is 11.6 Å². The molecule has 1 heterocycles. The SMILES string of the molecule is Nc1nc(-c2ccc(-c3ccc(C(=O)O)cc3)c([N+](=O)[O-])c2)[nH]c(=O)c1N. The summed E-state index contributed by atoms with van der Waals surface area (Å²) in [4.78, 5) is 40.0. The van der Waals surface area contributed by atoms with E-state index in [1.54, 1.807) is 0 Å². The number of aromatic nitrogens is 2. The maximum Gasteiger partial charge on any atom is 0.335 e. The predicted molar refractivity (Wildman–Crippen MR) is 98.2 cm³/mol. The highest BCUT2D eigenvalue weighted by molar-refractivity contribution is 5.89. The Hall–Kier alpha value is -4.21. The Morgan fingerprint density at radius 2 is 1.74 bits per heavy atom. The van der Waals surface area contributed by atoms with Crippen molar-refractivity contribution in [3.8, 4) is 22.5 Å². The van der Waals surface area contributed by atoms with E-state index in [4.69, 9.17) is 16.6 Å². The fourth-order valence-electron chi connectivity index (χ4n) is 2.50. The molecular weight excluding hydrogens is 354 g/mol. The predicted octanol–water partition coefficient (Wildman–Crippen LogP) is 1.87. The maximum absolute atomic E-state index is 11.7. The Morgan fingerprint density at radius 3 is 2.30 bits per heavy atom. The Kier molecular flexibility index (Phi) is 4.30. The number of nitrogens with zero attached hydrogens (tertiary/aromatic N) is 2. The Labute approximate surface area is 151 Å². The molecule has 0 amide bonds. The van der Waals surface area contributed by atoms with Crippen LogP contribution in [0.5, 0.6) is 0 Å². The first-order chi connectivity index (χ1) is 12.8. The van der Waals surface area contributed by atoms with Crippen molar-refractivity contribution < 1.29 is 14.8 Å². The van der Waals surface area contributed by atoms with Crippen molar-refractivity contribution in [2.75, 3.05) is 11.5 Å². The lowest BCUT2D eigenvalue weighted by Gasteiger charge is -2.08. The smallest absolute Gasteiger partial charge is 0.335 e. The fourth-order valence-corrected chi connectivity index (χ4v) is 2.50. The van der Waals surface area contributed by atoms with E-state index in [1.165, 1.54) is 42.5 Å². The van der Waals surface area contributed by atoms with E-state index in [0.29, 0.717) is 5.56 Å². The van der Waals surface area contributed by atoms with Gasteiger partial charge in [-0.05, 0) is 23.8 Å². The van der Waals surface area contributed by atoms with E-state index in [2.05, 4.69) is 9.97 Å². The second-order valence-electron chi connectivity index (χ2n) is 5.58. The van der Waals surface area contributed by atoms with E-state index in [-0.39, 0.29) is 39.7 Å². The number of carbonyl (C=O) groups is 1. The number of H-pyrrole nitrogens is 1. The minimum Gasteiger partial charge on any atom is -0.478 e. The van der Waals surface area contributed by atoms with Crippen LogP contribution in [0.4, 0.5) is 17.2 Å². The van der Waals surface area contributed by atoms with Crippen LogP contribution in [-0.2, 0) is 0 Å². The van der Waals surface area contributed by atoms with Gasteiger partial charge in [0.05, 0.1) is 16.1 Å². The largest absolute Gasteiger partial charge is 0.478 e. The molecule has 0 unspecified atom stereocenters. The second kappa shape index (κ2) is 6.59. The van der Waals surface area contributed by atoms with E-state index >= 15 is 0 Å². The summed E-state index contributed by atoms with van der Waals surface area (Å²) in [5.41, 5.74) is 11.0. The molecule has 0 aliphatic rings. The van der Waals surface area contributed by atoms with Crippen LogP contribution in [0.1, 0.15) is 10.4 Å². The minimum absolute atomic E-state index is 0.0441. The molecule has 0 atom stereocenters. The standard InChI is InChI=1S/C17H13N5O5/c18-13-14(19)20-15(21-16(13)23)10-5-6-11(12(7-10)22(26)27)8-1-3-9(4-2-8)17(24)25/h1-7H,18H2,(H,24,25)(H3,19,20,21,23). The molecule has 10 heteroatoms. The van der Waals surface area contributed by atoms with Gasteiger partial charge in [-0.3, -0.25) is 14.9 Å². The van der Waals surface area contributed by atoms with Crippen LogP contribution in [0.3, 0.4) is 0 Å². The molecule has 6 N–H and O–H groups in total. The van der Waals surface area contributed by atoms with Crippen molar-refractivity contribution in [1.29, 1.82) is 0 Å². The first-order valence-electron chi connectivity index (χ1n) is 7.55. The number of nitrogen functional groups attached to an aromatic ring is 2. The van der Waals surface area contributed by atoms with Gasteiger partial charge in [0.1, 0.15) is 11.5 Å². The van der Waals surface area contributed by atoms with E-state index in [0.717, 1.165) is 0 Å². The second-order valence-corrected chi connectivity index (χ2v) is 5.58. The highest BCUT2D eigenvalue weighted by atomic mass is 16.6. The quantitative estimate of drug-likeness (QED) is 0.398. The van der Waals surface area contributed by atoms with Crippen LogP contribution < -0.4 is 17.0 Å². The summed E-state index contributed by atoms with van der Waals surface area (Å²) < 4.78 is 0. The number of nitro benzene ring substituents is 1. The molecular formula is C17H13N5O5. The van der Waals surface area contributed by atoms with Crippen LogP contribution in [0.25, 0.3) is 22.5 Å². The zero-order valence-corrected chi connectivity index (χ0v) is 13.7. The van der Waals surface area contributed by atoms with Crippen molar-refractivity contribution in [2.24, 2.45) is 0 Å². The highest BCUT2D eigenvalue weighted by Gasteiger charge is 2.18. The summed E-state index contributed by atoms with van der Waals surface area (Å²) in [6.07, 6.45) is 0. The number of hydrogen-bond donors (Lipinski definition) is 4. The number of carboxylic acids is 1. The number of nitrogens with one attached hydrogen (secondary N) is 1. The molecule has 3 aromatic rings. The lowest BCUT2D eigenvalue weighted by Crippen LogP contribution is -2.17. The summed E-state index contributed by atoms with van der Waals surface area (Å²) in [5.74, 6) is -1.23. The van der Waals surface area contributed by atoms with Gasteiger partial charge in [-0.15, -0.1) is 0 Å². The highest BCUT2D eigenvalue weighted by Crippen LogP contribution is 2.33. The third kappa shape index (κ3) is 3.31.